The summed E-state index contributed by atoms with van der Waals surface area (Å²) in [5.41, 5.74) is 0.0544. The topological polar surface area (TPSA) is 72.8 Å². The zero-order chi connectivity index (χ0) is 14.1. The molecule has 0 aromatic heterocycles. The van der Waals surface area contributed by atoms with Crippen LogP contribution in [0.15, 0.2) is 24.3 Å². The van der Waals surface area contributed by atoms with Gasteiger partial charge in [0, 0.05) is 13.7 Å². The monoisotopic (exact) mass is 266 g/mol. The van der Waals surface area contributed by atoms with Crippen LogP contribution in [0.1, 0.15) is 40.0 Å². The first kappa shape index (κ1) is 15.2. The standard InChI is InChI=1S/C14H18O5/c1-18-9-5-2-6-10-19-14(17)12-8-4-3-7-11(12)13(15)16/h3-4,7-8H,2,5-6,9-10H2,1H3,(H,15,16). The van der Waals surface area contributed by atoms with Crippen LogP contribution in [-0.2, 0) is 9.47 Å². The lowest BCUT2D eigenvalue weighted by Gasteiger charge is -2.07. The van der Waals surface area contributed by atoms with Crippen molar-refractivity contribution in [2.45, 2.75) is 19.3 Å². The van der Waals surface area contributed by atoms with Crippen molar-refractivity contribution in [1.29, 1.82) is 0 Å². The largest absolute Gasteiger partial charge is 0.478 e. The van der Waals surface area contributed by atoms with Crippen molar-refractivity contribution >= 4 is 11.9 Å². The molecule has 1 aromatic rings. The maximum atomic E-state index is 11.7. The van der Waals surface area contributed by atoms with Gasteiger partial charge in [-0.05, 0) is 31.4 Å². The minimum Gasteiger partial charge on any atom is -0.478 e. The van der Waals surface area contributed by atoms with Crippen molar-refractivity contribution in [2.75, 3.05) is 20.3 Å². The molecule has 0 unspecified atom stereocenters. The normalized spacial score (nSPS) is 10.2. The predicted molar refractivity (Wildman–Crippen MR) is 69.4 cm³/mol. The summed E-state index contributed by atoms with van der Waals surface area (Å²) in [6, 6.07) is 6.03. The van der Waals surface area contributed by atoms with Crippen molar-refractivity contribution in [2.24, 2.45) is 0 Å². The van der Waals surface area contributed by atoms with E-state index in [4.69, 9.17) is 14.6 Å². The third-order valence-corrected chi connectivity index (χ3v) is 2.60. The number of carboxylic acids is 1. The van der Waals surface area contributed by atoms with E-state index in [-0.39, 0.29) is 17.7 Å². The number of ether oxygens (including phenoxy) is 2. The van der Waals surface area contributed by atoms with E-state index < -0.39 is 11.9 Å². The Balaban J connectivity index is 2.43. The van der Waals surface area contributed by atoms with Crippen LogP contribution in [0.25, 0.3) is 0 Å². The molecule has 5 nitrogen and oxygen atoms in total. The average molecular weight is 266 g/mol. The van der Waals surface area contributed by atoms with Crippen LogP contribution in [-0.4, -0.2) is 37.4 Å². The van der Waals surface area contributed by atoms with E-state index in [9.17, 15) is 9.59 Å². The number of unbranched alkanes of at least 4 members (excludes halogenated alkanes) is 2. The van der Waals surface area contributed by atoms with Gasteiger partial charge in [-0.1, -0.05) is 12.1 Å². The van der Waals surface area contributed by atoms with Crippen LogP contribution in [0, 0.1) is 0 Å². The Morgan fingerprint density at radius 1 is 1.05 bits per heavy atom. The van der Waals surface area contributed by atoms with E-state index in [2.05, 4.69) is 0 Å². The maximum absolute atomic E-state index is 11.7. The van der Waals surface area contributed by atoms with Gasteiger partial charge >= 0.3 is 11.9 Å². The Morgan fingerprint density at radius 3 is 2.32 bits per heavy atom. The van der Waals surface area contributed by atoms with Crippen LogP contribution in [0.4, 0.5) is 0 Å². The van der Waals surface area contributed by atoms with Gasteiger partial charge in [0.25, 0.3) is 0 Å². The number of carbonyl (C=O) groups excluding carboxylic acids is 1. The van der Waals surface area contributed by atoms with Gasteiger partial charge in [-0.2, -0.15) is 0 Å². The van der Waals surface area contributed by atoms with E-state index >= 15 is 0 Å². The first-order valence-corrected chi connectivity index (χ1v) is 6.15. The molecule has 0 aliphatic carbocycles. The lowest BCUT2D eigenvalue weighted by molar-refractivity contribution is 0.0485. The van der Waals surface area contributed by atoms with Gasteiger partial charge in [-0.15, -0.1) is 0 Å². The Kier molecular flexibility index (Phi) is 6.60. The van der Waals surface area contributed by atoms with Crippen molar-refractivity contribution in [3.05, 3.63) is 35.4 Å². The quantitative estimate of drug-likeness (QED) is 0.577. The summed E-state index contributed by atoms with van der Waals surface area (Å²) in [7, 11) is 1.64. The van der Waals surface area contributed by atoms with Crippen LogP contribution in [0.3, 0.4) is 0 Å². The summed E-state index contributed by atoms with van der Waals surface area (Å²) in [5.74, 6) is -1.72. The molecule has 0 aliphatic rings. The Hall–Kier alpha value is -1.88. The van der Waals surface area contributed by atoms with Crippen LogP contribution < -0.4 is 0 Å². The second kappa shape index (κ2) is 8.26. The average Bonchev–Trinajstić information content (AvgIpc) is 2.42. The number of carbonyl (C=O) groups is 2. The highest BCUT2D eigenvalue weighted by Gasteiger charge is 2.16. The Labute approximate surface area is 112 Å². The SMILES string of the molecule is COCCCCCOC(=O)c1ccccc1C(=O)O. The Bertz CT molecular complexity index is 428. The highest BCUT2D eigenvalue weighted by molar-refractivity contribution is 6.02. The first-order valence-electron chi connectivity index (χ1n) is 6.15. The second-order valence-corrected chi connectivity index (χ2v) is 4.04. The van der Waals surface area contributed by atoms with Gasteiger partial charge in [0.2, 0.25) is 0 Å². The number of aromatic carboxylic acids is 1. The third kappa shape index (κ3) is 5.09. The van der Waals surface area contributed by atoms with Crippen molar-refractivity contribution in [3.8, 4) is 0 Å². The second-order valence-electron chi connectivity index (χ2n) is 4.04. The van der Waals surface area contributed by atoms with Gasteiger partial charge in [-0.25, -0.2) is 9.59 Å². The van der Waals surface area contributed by atoms with Crippen molar-refractivity contribution < 1.29 is 24.2 Å². The molecule has 0 saturated heterocycles. The number of esters is 1. The fourth-order valence-corrected chi connectivity index (χ4v) is 1.62. The van der Waals surface area contributed by atoms with Gasteiger partial charge in [0.15, 0.2) is 0 Å². The van der Waals surface area contributed by atoms with Gasteiger partial charge in [0.1, 0.15) is 0 Å². The number of carboxylic acid groups (broad SMARTS) is 1. The minimum atomic E-state index is -1.13. The minimum absolute atomic E-state index is 0.0353. The molecule has 0 bridgehead atoms. The van der Waals surface area contributed by atoms with Gasteiger partial charge < -0.3 is 14.6 Å². The molecule has 19 heavy (non-hydrogen) atoms. The molecule has 0 amide bonds. The number of rotatable bonds is 8. The zero-order valence-electron chi connectivity index (χ0n) is 10.9. The molecule has 1 N–H and O–H groups in total. The van der Waals surface area contributed by atoms with E-state index in [1.54, 1.807) is 19.2 Å². The molecular weight excluding hydrogens is 248 g/mol. The van der Waals surface area contributed by atoms with E-state index in [0.29, 0.717) is 6.61 Å². The molecule has 5 heteroatoms. The van der Waals surface area contributed by atoms with Gasteiger partial charge in [0.05, 0.1) is 17.7 Å². The molecular formula is C14H18O5. The number of hydrogen-bond acceptors (Lipinski definition) is 4. The van der Waals surface area contributed by atoms with E-state index in [1.807, 2.05) is 0 Å². The number of benzene rings is 1. The molecule has 104 valence electrons. The third-order valence-electron chi connectivity index (χ3n) is 2.60. The lowest BCUT2D eigenvalue weighted by atomic mass is 10.1. The molecule has 1 aromatic carbocycles. The summed E-state index contributed by atoms with van der Waals surface area (Å²) in [6.07, 6.45) is 2.56. The summed E-state index contributed by atoms with van der Waals surface area (Å²) in [5, 5.41) is 8.96. The van der Waals surface area contributed by atoms with E-state index in [0.717, 1.165) is 19.3 Å². The van der Waals surface area contributed by atoms with Gasteiger partial charge in [-0.3, -0.25) is 0 Å². The number of hydrogen-bond donors (Lipinski definition) is 1. The smallest absolute Gasteiger partial charge is 0.339 e. The van der Waals surface area contributed by atoms with Crippen LogP contribution in [0.5, 0.6) is 0 Å². The van der Waals surface area contributed by atoms with Crippen LogP contribution >= 0.6 is 0 Å². The fourth-order valence-electron chi connectivity index (χ4n) is 1.62. The molecule has 0 atom stereocenters. The molecule has 1 rings (SSSR count). The fraction of sp³-hybridized carbons (Fsp3) is 0.429. The summed E-state index contributed by atoms with van der Waals surface area (Å²) in [4.78, 5) is 22.7. The molecule has 0 radical (unpaired) electrons. The highest BCUT2D eigenvalue weighted by Crippen LogP contribution is 2.10. The highest BCUT2D eigenvalue weighted by atomic mass is 16.5. The summed E-state index contributed by atoms with van der Waals surface area (Å²) in [6.45, 7) is 0.978. The lowest BCUT2D eigenvalue weighted by Crippen LogP contribution is -2.12. The molecule has 0 aliphatic heterocycles. The maximum Gasteiger partial charge on any atom is 0.339 e. The summed E-state index contributed by atoms with van der Waals surface area (Å²) < 4.78 is 9.96. The molecule has 0 heterocycles. The molecule has 0 saturated carbocycles. The van der Waals surface area contributed by atoms with Crippen molar-refractivity contribution in [1.82, 2.24) is 0 Å². The number of methoxy groups -OCH3 is 1. The zero-order valence-corrected chi connectivity index (χ0v) is 10.9. The molecule has 0 fully saturated rings. The van der Waals surface area contributed by atoms with Crippen molar-refractivity contribution in [3.63, 3.8) is 0 Å². The predicted octanol–water partition coefficient (Wildman–Crippen LogP) is 2.36. The molecule has 0 spiro atoms. The van der Waals surface area contributed by atoms with E-state index in [1.165, 1.54) is 12.1 Å². The summed E-state index contributed by atoms with van der Waals surface area (Å²) >= 11 is 0. The van der Waals surface area contributed by atoms with Crippen LogP contribution in [0.2, 0.25) is 0 Å². The Morgan fingerprint density at radius 2 is 1.68 bits per heavy atom. The first-order chi connectivity index (χ1) is 9.16.